The van der Waals surface area contributed by atoms with Crippen LogP contribution in [0.5, 0.6) is 0 Å². The smallest absolute Gasteiger partial charge is 0.273 e. The van der Waals surface area contributed by atoms with E-state index in [9.17, 15) is 9.18 Å². The Morgan fingerprint density at radius 2 is 1.33 bits per heavy atom. The fourth-order valence-electron chi connectivity index (χ4n) is 2.50. The van der Waals surface area contributed by atoms with Gasteiger partial charge >= 0.3 is 0 Å². The Balaban J connectivity index is 1.87. The Bertz CT molecular complexity index is 765. The minimum Gasteiger partial charge on any atom is -0.329 e. The molecule has 4 heteroatoms. The molecule has 0 N–H and O–H groups in total. The molecule has 1 aromatic heterocycles. The summed E-state index contributed by atoms with van der Waals surface area (Å²) in [5.41, 5.74) is 2.14. The van der Waals surface area contributed by atoms with Gasteiger partial charge in [0.05, 0.1) is 0 Å². The monoisotopic (exact) mass is 320 g/mol. The molecule has 0 aliphatic carbocycles. The predicted octanol–water partition coefficient (Wildman–Crippen LogP) is 4.06. The number of halogens is 1. The van der Waals surface area contributed by atoms with Gasteiger partial charge < -0.3 is 4.90 Å². The van der Waals surface area contributed by atoms with Crippen LogP contribution in [-0.2, 0) is 13.1 Å². The predicted molar refractivity (Wildman–Crippen MR) is 90.7 cm³/mol. The van der Waals surface area contributed by atoms with Gasteiger partial charge in [-0.3, -0.25) is 4.79 Å². The molecule has 0 aliphatic rings. The molecule has 0 aliphatic heterocycles. The highest BCUT2D eigenvalue weighted by atomic mass is 19.1. The first-order chi connectivity index (χ1) is 11.7. The van der Waals surface area contributed by atoms with Gasteiger partial charge in [-0.25, -0.2) is 4.98 Å². The SMILES string of the molecule is O=C(c1cccc(F)n1)N(Cc1ccccc1)Cc1ccccc1. The Hall–Kier alpha value is -3.01. The maximum absolute atomic E-state index is 13.4. The lowest BCUT2D eigenvalue weighted by atomic mass is 10.1. The largest absolute Gasteiger partial charge is 0.329 e. The molecular weight excluding hydrogens is 303 g/mol. The van der Waals surface area contributed by atoms with Crippen LogP contribution in [0.2, 0.25) is 0 Å². The third-order valence-corrected chi connectivity index (χ3v) is 3.65. The van der Waals surface area contributed by atoms with Gasteiger partial charge in [0.25, 0.3) is 5.91 Å². The van der Waals surface area contributed by atoms with Crippen molar-refractivity contribution in [2.45, 2.75) is 13.1 Å². The van der Waals surface area contributed by atoms with Crippen molar-refractivity contribution in [3.05, 3.63) is 102 Å². The minimum atomic E-state index is -0.653. The van der Waals surface area contributed by atoms with Crippen molar-refractivity contribution < 1.29 is 9.18 Å². The van der Waals surface area contributed by atoms with E-state index in [1.165, 1.54) is 18.2 Å². The van der Waals surface area contributed by atoms with Crippen molar-refractivity contribution in [1.82, 2.24) is 9.88 Å². The summed E-state index contributed by atoms with van der Waals surface area (Å²) in [6.07, 6.45) is 0. The Morgan fingerprint density at radius 1 is 0.792 bits per heavy atom. The number of amides is 1. The summed E-state index contributed by atoms with van der Waals surface area (Å²) in [6, 6.07) is 23.7. The van der Waals surface area contributed by atoms with E-state index >= 15 is 0 Å². The third-order valence-electron chi connectivity index (χ3n) is 3.65. The maximum atomic E-state index is 13.4. The normalized spacial score (nSPS) is 10.4. The van der Waals surface area contributed by atoms with Crippen molar-refractivity contribution >= 4 is 5.91 Å². The Kier molecular flexibility index (Phi) is 4.96. The van der Waals surface area contributed by atoms with Crippen LogP contribution in [0.1, 0.15) is 21.6 Å². The number of carbonyl (C=O) groups excluding carboxylic acids is 1. The summed E-state index contributed by atoms with van der Waals surface area (Å²) < 4.78 is 13.4. The fourth-order valence-corrected chi connectivity index (χ4v) is 2.50. The first-order valence-electron chi connectivity index (χ1n) is 7.72. The van der Waals surface area contributed by atoms with E-state index in [4.69, 9.17) is 0 Å². The highest BCUT2D eigenvalue weighted by molar-refractivity contribution is 5.92. The van der Waals surface area contributed by atoms with Crippen LogP contribution in [0.3, 0.4) is 0 Å². The van der Waals surface area contributed by atoms with Gasteiger partial charge in [0.1, 0.15) is 5.69 Å². The first kappa shape index (κ1) is 15.9. The van der Waals surface area contributed by atoms with Gasteiger partial charge in [-0.2, -0.15) is 4.39 Å². The van der Waals surface area contributed by atoms with Crippen LogP contribution in [0, 0.1) is 5.95 Å². The second kappa shape index (κ2) is 7.51. The molecule has 120 valence electrons. The van der Waals surface area contributed by atoms with Gasteiger partial charge in [0, 0.05) is 13.1 Å². The molecule has 1 amide bonds. The topological polar surface area (TPSA) is 33.2 Å². The van der Waals surface area contributed by atoms with Crippen molar-refractivity contribution in [1.29, 1.82) is 0 Å². The molecule has 2 aromatic carbocycles. The number of carbonyl (C=O) groups is 1. The van der Waals surface area contributed by atoms with Crippen molar-refractivity contribution in [2.24, 2.45) is 0 Å². The van der Waals surface area contributed by atoms with E-state index < -0.39 is 5.95 Å². The molecule has 0 atom stereocenters. The number of hydrogen-bond acceptors (Lipinski definition) is 2. The van der Waals surface area contributed by atoms with Crippen molar-refractivity contribution in [2.75, 3.05) is 0 Å². The molecule has 0 unspecified atom stereocenters. The number of nitrogens with zero attached hydrogens (tertiary/aromatic N) is 2. The molecule has 0 saturated heterocycles. The summed E-state index contributed by atoms with van der Waals surface area (Å²) in [5, 5.41) is 0. The van der Waals surface area contributed by atoms with Crippen molar-refractivity contribution in [3.63, 3.8) is 0 Å². The quantitative estimate of drug-likeness (QED) is 0.664. The van der Waals surface area contributed by atoms with E-state index in [1.54, 1.807) is 4.90 Å². The lowest BCUT2D eigenvalue weighted by Gasteiger charge is -2.22. The summed E-state index contributed by atoms with van der Waals surface area (Å²) in [4.78, 5) is 18.2. The third kappa shape index (κ3) is 4.04. The lowest BCUT2D eigenvalue weighted by Crippen LogP contribution is -2.31. The summed E-state index contributed by atoms with van der Waals surface area (Å²) >= 11 is 0. The minimum absolute atomic E-state index is 0.113. The second-order valence-electron chi connectivity index (χ2n) is 5.48. The van der Waals surface area contributed by atoms with Crippen LogP contribution < -0.4 is 0 Å². The summed E-state index contributed by atoms with van der Waals surface area (Å²) in [6.45, 7) is 0.875. The van der Waals surface area contributed by atoms with Crippen molar-refractivity contribution in [3.8, 4) is 0 Å². The fraction of sp³-hybridized carbons (Fsp3) is 0.100. The average molecular weight is 320 g/mol. The molecule has 0 saturated carbocycles. The van der Waals surface area contributed by atoms with Gasteiger partial charge in [0.2, 0.25) is 5.95 Å². The van der Waals surface area contributed by atoms with Gasteiger partial charge in [-0.1, -0.05) is 66.7 Å². The zero-order valence-corrected chi connectivity index (χ0v) is 13.1. The number of benzene rings is 2. The molecule has 0 spiro atoms. The van der Waals surface area contributed by atoms with E-state index in [2.05, 4.69) is 4.98 Å². The standard InChI is InChI=1S/C20H17FN2O/c21-19-13-7-12-18(22-19)20(24)23(14-16-8-3-1-4-9-16)15-17-10-5-2-6-11-17/h1-13H,14-15H2. The lowest BCUT2D eigenvalue weighted by molar-refractivity contribution is 0.0722. The molecule has 3 rings (SSSR count). The van der Waals surface area contributed by atoms with E-state index in [0.717, 1.165) is 11.1 Å². The van der Waals surface area contributed by atoms with E-state index in [1.807, 2.05) is 60.7 Å². The van der Waals surface area contributed by atoms with Gasteiger partial charge in [-0.15, -0.1) is 0 Å². The number of rotatable bonds is 5. The molecule has 3 nitrogen and oxygen atoms in total. The molecule has 0 fully saturated rings. The summed E-state index contributed by atoms with van der Waals surface area (Å²) in [7, 11) is 0. The maximum Gasteiger partial charge on any atom is 0.273 e. The molecule has 24 heavy (non-hydrogen) atoms. The second-order valence-corrected chi connectivity index (χ2v) is 5.48. The zero-order valence-electron chi connectivity index (χ0n) is 13.1. The van der Waals surface area contributed by atoms with Crippen LogP contribution in [0.15, 0.2) is 78.9 Å². The van der Waals surface area contributed by atoms with Crippen LogP contribution in [-0.4, -0.2) is 15.8 Å². The summed E-state index contributed by atoms with van der Waals surface area (Å²) in [5.74, 6) is -0.942. The first-order valence-corrected chi connectivity index (χ1v) is 7.72. The molecular formula is C20H17FN2O. The van der Waals surface area contributed by atoms with Gasteiger partial charge in [-0.05, 0) is 23.3 Å². The molecule has 0 radical (unpaired) electrons. The zero-order chi connectivity index (χ0) is 16.8. The van der Waals surface area contributed by atoms with Crippen LogP contribution in [0.4, 0.5) is 4.39 Å². The number of aromatic nitrogens is 1. The van der Waals surface area contributed by atoms with E-state index in [0.29, 0.717) is 13.1 Å². The Labute approximate surface area is 140 Å². The Morgan fingerprint density at radius 3 is 1.83 bits per heavy atom. The average Bonchev–Trinajstić information content (AvgIpc) is 2.62. The molecule has 0 bridgehead atoms. The van der Waals surface area contributed by atoms with Crippen LogP contribution in [0.25, 0.3) is 0 Å². The van der Waals surface area contributed by atoms with Gasteiger partial charge in [0.15, 0.2) is 0 Å². The highest BCUT2D eigenvalue weighted by Gasteiger charge is 2.18. The molecule has 1 heterocycles. The van der Waals surface area contributed by atoms with E-state index in [-0.39, 0.29) is 11.6 Å². The number of pyridine rings is 1. The molecule has 3 aromatic rings. The number of hydrogen-bond donors (Lipinski definition) is 0. The van der Waals surface area contributed by atoms with Crippen LogP contribution >= 0.6 is 0 Å². The highest BCUT2D eigenvalue weighted by Crippen LogP contribution is 2.13.